The van der Waals surface area contributed by atoms with Gasteiger partial charge in [-0.05, 0) is 40.9 Å². The first-order chi connectivity index (χ1) is 10.00. The molecule has 1 aromatic rings. The molecule has 1 aliphatic rings. The van der Waals surface area contributed by atoms with Gasteiger partial charge in [0, 0.05) is 4.47 Å². The number of halogens is 3. The molecule has 0 aromatic heterocycles. The quantitative estimate of drug-likeness (QED) is 0.531. The zero-order valence-electron chi connectivity index (χ0n) is 11.4. The number of carbonyl (C=O) groups is 1. The third-order valence-corrected chi connectivity index (χ3v) is 5.66. The highest BCUT2D eigenvalue weighted by molar-refractivity contribution is 9.10. The maximum absolute atomic E-state index is 12.6. The minimum atomic E-state index is -0.959. The maximum atomic E-state index is 12.6. The Balaban J connectivity index is 2.24. The van der Waals surface area contributed by atoms with E-state index in [9.17, 15) is 10.1 Å². The van der Waals surface area contributed by atoms with Crippen LogP contribution in [0.15, 0.2) is 16.6 Å². The molecule has 1 N–H and O–H groups in total. The van der Waals surface area contributed by atoms with Crippen molar-refractivity contribution in [3.8, 4) is 6.07 Å². The van der Waals surface area contributed by atoms with Crippen molar-refractivity contribution < 1.29 is 4.79 Å². The largest absolute Gasteiger partial charge is 0.323 e. The van der Waals surface area contributed by atoms with Crippen LogP contribution in [0.3, 0.4) is 0 Å². The van der Waals surface area contributed by atoms with Crippen LogP contribution in [-0.2, 0) is 4.79 Å². The van der Waals surface area contributed by atoms with Gasteiger partial charge in [-0.25, -0.2) is 0 Å². The zero-order valence-corrected chi connectivity index (χ0v) is 14.5. The van der Waals surface area contributed by atoms with Gasteiger partial charge in [0.1, 0.15) is 5.41 Å². The zero-order chi connectivity index (χ0) is 15.5. The van der Waals surface area contributed by atoms with E-state index in [1.807, 2.05) is 0 Å². The van der Waals surface area contributed by atoms with Crippen LogP contribution >= 0.6 is 39.1 Å². The molecule has 1 aliphatic carbocycles. The summed E-state index contributed by atoms with van der Waals surface area (Å²) >= 11 is 15.5. The monoisotopic (exact) mass is 388 g/mol. The van der Waals surface area contributed by atoms with E-state index >= 15 is 0 Å². The number of nitrogens with one attached hydrogen (secondary N) is 1. The Labute approximate surface area is 142 Å². The highest BCUT2D eigenvalue weighted by Gasteiger charge is 2.39. The number of anilines is 1. The van der Waals surface area contributed by atoms with Crippen molar-refractivity contribution in [1.29, 1.82) is 5.26 Å². The van der Waals surface area contributed by atoms with Gasteiger partial charge in [-0.1, -0.05) is 48.9 Å². The van der Waals surface area contributed by atoms with Crippen molar-refractivity contribution in [1.82, 2.24) is 0 Å². The van der Waals surface area contributed by atoms with Gasteiger partial charge in [0.15, 0.2) is 0 Å². The Morgan fingerprint density at radius 3 is 2.38 bits per heavy atom. The Kier molecular flexibility index (Phi) is 5.54. The molecule has 0 radical (unpaired) electrons. The van der Waals surface area contributed by atoms with E-state index in [-0.39, 0.29) is 10.9 Å². The lowest BCUT2D eigenvalue weighted by Crippen LogP contribution is -2.34. The molecule has 21 heavy (non-hydrogen) atoms. The Hall–Kier alpha value is -0.760. The highest BCUT2D eigenvalue weighted by atomic mass is 79.9. The van der Waals surface area contributed by atoms with Crippen LogP contribution in [0.2, 0.25) is 10.0 Å². The van der Waals surface area contributed by atoms with E-state index in [1.165, 1.54) is 0 Å². The number of benzene rings is 1. The van der Waals surface area contributed by atoms with Crippen LogP contribution in [0.1, 0.15) is 38.5 Å². The average molecular weight is 390 g/mol. The molecule has 1 amide bonds. The minimum Gasteiger partial charge on any atom is -0.323 e. The predicted octanol–water partition coefficient (Wildman–Crippen LogP) is 5.56. The first-order valence-corrected chi connectivity index (χ1v) is 8.41. The molecule has 6 heteroatoms. The highest BCUT2D eigenvalue weighted by Crippen LogP contribution is 2.39. The Bertz CT molecular complexity index is 590. The van der Waals surface area contributed by atoms with Crippen molar-refractivity contribution in [2.24, 2.45) is 5.41 Å². The molecule has 2 rings (SSSR count). The fraction of sp³-hybridized carbons (Fsp3) is 0.467. The maximum Gasteiger partial charge on any atom is 0.244 e. The Morgan fingerprint density at radius 1 is 1.19 bits per heavy atom. The second-order valence-corrected chi connectivity index (χ2v) is 6.90. The van der Waals surface area contributed by atoms with Crippen LogP contribution in [0, 0.1) is 16.7 Å². The first-order valence-electron chi connectivity index (χ1n) is 6.86. The van der Waals surface area contributed by atoms with Crippen molar-refractivity contribution in [2.45, 2.75) is 38.5 Å². The van der Waals surface area contributed by atoms with Gasteiger partial charge in [0.25, 0.3) is 0 Å². The van der Waals surface area contributed by atoms with Gasteiger partial charge in [0.05, 0.1) is 21.8 Å². The number of rotatable bonds is 2. The first kappa shape index (κ1) is 16.6. The van der Waals surface area contributed by atoms with Gasteiger partial charge in [-0.15, -0.1) is 0 Å². The average Bonchev–Trinajstić information content (AvgIpc) is 2.74. The molecule has 3 nitrogen and oxygen atoms in total. The molecule has 1 aromatic carbocycles. The molecule has 0 aliphatic heterocycles. The third-order valence-electron chi connectivity index (χ3n) is 3.89. The second kappa shape index (κ2) is 7.00. The summed E-state index contributed by atoms with van der Waals surface area (Å²) in [6.07, 6.45) is 5.13. The molecule has 1 fully saturated rings. The fourth-order valence-corrected chi connectivity index (χ4v) is 3.41. The van der Waals surface area contributed by atoms with Crippen molar-refractivity contribution in [3.05, 3.63) is 26.7 Å². The Morgan fingerprint density at radius 2 is 1.81 bits per heavy atom. The second-order valence-electron chi connectivity index (χ2n) is 5.29. The van der Waals surface area contributed by atoms with E-state index in [4.69, 9.17) is 23.2 Å². The topological polar surface area (TPSA) is 52.9 Å². The van der Waals surface area contributed by atoms with E-state index in [1.54, 1.807) is 12.1 Å². The van der Waals surface area contributed by atoms with Gasteiger partial charge in [-0.2, -0.15) is 5.26 Å². The summed E-state index contributed by atoms with van der Waals surface area (Å²) in [7, 11) is 0. The smallest absolute Gasteiger partial charge is 0.244 e. The summed E-state index contributed by atoms with van der Waals surface area (Å²) in [6.45, 7) is 0. The number of nitriles is 1. The van der Waals surface area contributed by atoms with E-state index in [2.05, 4.69) is 27.3 Å². The van der Waals surface area contributed by atoms with E-state index < -0.39 is 5.41 Å². The lowest BCUT2D eigenvalue weighted by molar-refractivity contribution is -0.123. The molecule has 112 valence electrons. The summed E-state index contributed by atoms with van der Waals surface area (Å²) in [5.74, 6) is -0.285. The molecular formula is C15H15BrCl2N2O. The molecule has 0 heterocycles. The van der Waals surface area contributed by atoms with Crippen LogP contribution in [-0.4, -0.2) is 5.91 Å². The number of hydrogen-bond acceptors (Lipinski definition) is 2. The minimum absolute atomic E-state index is 0.279. The molecule has 0 bridgehead atoms. The van der Waals surface area contributed by atoms with Gasteiger partial charge in [0.2, 0.25) is 5.91 Å². The van der Waals surface area contributed by atoms with Gasteiger partial charge >= 0.3 is 0 Å². The van der Waals surface area contributed by atoms with Crippen LogP contribution in [0.4, 0.5) is 5.69 Å². The van der Waals surface area contributed by atoms with Crippen molar-refractivity contribution in [3.63, 3.8) is 0 Å². The van der Waals surface area contributed by atoms with Crippen LogP contribution < -0.4 is 5.32 Å². The normalized spacial score (nSPS) is 17.6. The van der Waals surface area contributed by atoms with Crippen LogP contribution in [0.25, 0.3) is 0 Å². The van der Waals surface area contributed by atoms with E-state index in [0.717, 1.165) is 25.7 Å². The van der Waals surface area contributed by atoms with Gasteiger partial charge in [-0.3, -0.25) is 4.79 Å². The number of nitrogens with zero attached hydrogens (tertiary/aromatic N) is 1. The summed E-state index contributed by atoms with van der Waals surface area (Å²) in [5, 5.41) is 12.9. The molecular weight excluding hydrogens is 375 g/mol. The molecule has 1 saturated carbocycles. The number of hydrogen-bond donors (Lipinski definition) is 1. The van der Waals surface area contributed by atoms with Crippen molar-refractivity contribution >= 4 is 50.7 Å². The van der Waals surface area contributed by atoms with Gasteiger partial charge < -0.3 is 5.32 Å². The van der Waals surface area contributed by atoms with Crippen molar-refractivity contribution in [2.75, 3.05) is 5.32 Å². The SMILES string of the molecule is N#CC1(C(=O)Nc2ccc(Br)c(Cl)c2Cl)CCCCCC1. The number of carbonyl (C=O) groups excluding carboxylic acids is 1. The van der Waals surface area contributed by atoms with Crippen LogP contribution in [0.5, 0.6) is 0 Å². The lowest BCUT2D eigenvalue weighted by Gasteiger charge is -2.24. The summed E-state index contributed by atoms with van der Waals surface area (Å²) < 4.78 is 0.664. The fourth-order valence-electron chi connectivity index (χ4n) is 2.59. The molecule has 0 unspecified atom stereocenters. The predicted molar refractivity (Wildman–Crippen MR) is 88.5 cm³/mol. The summed E-state index contributed by atoms with van der Waals surface area (Å²) in [6, 6.07) is 5.62. The third kappa shape index (κ3) is 3.53. The molecule has 0 atom stereocenters. The lowest BCUT2D eigenvalue weighted by atomic mass is 9.81. The summed E-state index contributed by atoms with van der Waals surface area (Å²) in [5.41, 5.74) is -0.520. The van der Waals surface area contributed by atoms with E-state index in [0.29, 0.717) is 28.0 Å². The number of amides is 1. The molecule has 0 spiro atoms. The standard InChI is InChI=1S/C15H15BrCl2N2O/c16-10-5-6-11(13(18)12(10)17)20-14(21)15(9-19)7-3-1-2-4-8-15/h5-6H,1-4,7-8H2,(H,20,21). The molecule has 0 saturated heterocycles. The summed E-state index contributed by atoms with van der Waals surface area (Å²) in [4.78, 5) is 12.6.